The summed E-state index contributed by atoms with van der Waals surface area (Å²) in [7, 11) is 0. The topological polar surface area (TPSA) is 29.1 Å². The molecule has 0 saturated heterocycles. The number of rotatable bonds is 5. The molecule has 0 radical (unpaired) electrons. The molecule has 0 unspecified atom stereocenters. The Morgan fingerprint density at radius 2 is 1.94 bits per heavy atom. The highest BCUT2D eigenvalue weighted by atomic mass is 35.5. The fourth-order valence-corrected chi connectivity index (χ4v) is 1.93. The highest BCUT2D eigenvalue weighted by Crippen LogP contribution is 2.24. The van der Waals surface area contributed by atoms with Crippen LogP contribution < -0.4 is 5.32 Å². The lowest BCUT2D eigenvalue weighted by molar-refractivity contribution is -0.120. The molecule has 1 amide bonds. The second-order valence-corrected chi connectivity index (χ2v) is 5.78. The minimum atomic E-state index is -0.0690. The van der Waals surface area contributed by atoms with Crippen molar-refractivity contribution in [3.63, 3.8) is 0 Å². The smallest absolute Gasteiger partial charge is 0.221 e. The molecule has 0 aliphatic heterocycles. The highest BCUT2D eigenvalue weighted by Gasteiger charge is 2.21. The predicted molar refractivity (Wildman–Crippen MR) is 77.3 cm³/mol. The first-order valence-electron chi connectivity index (χ1n) is 6.27. The molecule has 0 heterocycles. The average Bonchev–Trinajstić information content (AvgIpc) is 2.30. The Hall–Kier alpha value is -1.02. The van der Waals surface area contributed by atoms with Crippen molar-refractivity contribution < 1.29 is 4.79 Å². The lowest BCUT2D eigenvalue weighted by atomic mass is 9.83. The number of nitrogens with one attached hydrogen (secondary N) is 1. The normalized spacial score (nSPS) is 11.4. The Morgan fingerprint density at radius 3 is 2.50 bits per heavy atom. The second-order valence-electron chi connectivity index (χ2n) is 5.40. The van der Waals surface area contributed by atoms with Crippen molar-refractivity contribution in [2.75, 3.05) is 12.4 Å². The van der Waals surface area contributed by atoms with E-state index >= 15 is 0 Å². The summed E-state index contributed by atoms with van der Waals surface area (Å²) in [5, 5.41) is 2.93. The molecule has 0 atom stereocenters. The number of amides is 1. The van der Waals surface area contributed by atoms with Gasteiger partial charge in [-0.15, -0.1) is 11.6 Å². The standard InChI is InChI=1S/C15H22ClNO/c1-11-5-6-13(9-12(11)2)15(3,4)10-17-14(18)7-8-16/h5-6,9H,7-8,10H2,1-4H3,(H,17,18). The molecule has 0 aromatic heterocycles. The molecule has 100 valence electrons. The van der Waals surface area contributed by atoms with Crippen LogP contribution in [0.4, 0.5) is 0 Å². The van der Waals surface area contributed by atoms with E-state index in [2.05, 4.69) is 51.2 Å². The maximum atomic E-state index is 11.4. The third kappa shape index (κ3) is 4.02. The molecule has 1 N–H and O–H groups in total. The zero-order chi connectivity index (χ0) is 13.8. The Labute approximate surface area is 115 Å². The number of benzene rings is 1. The van der Waals surface area contributed by atoms with Crippen molar-refractivity contribution in [1.82, 2.24) is 5.32 Å². The maximum Gasteiger partial charge on any atom is 0.221 e. The van der Waals surface area contributed by atoms with Crippen molar-refractivity contribution in [1.29, 1.82) is 0 Å². The first-order chi connectivity index (χ1) is 8.36. The minimum Gasteiger partial charge on any atom is -0.355 e. The molecule has 1 aromatic rings. The molecular formula is C15H22ClNO. The van der Waals surface area contributed by atoms with Gasteiger partial charge >= 0.3 is 0 Å². The summed E-state index contributed by atoms with van der Waals surface area (Å²) in [4.78, 5) is 11.4. The van der Waals surface area contributed by atoms with Crippen LogP contribution in [0.3, 0.4) is 0 Å². The number of carbonyl (C=O) groups excluding carboxylic acids is 1. The molecule has 1 aromatic carbocycles. The van der Waals surface area contributed by atoms with Crippen molar-refractivity contribution >= 4 is 17.5 Å². The van der Waals surface area contributed by atoms with Gasteiger partial charge in [0.1, 0.15) is 0 Å². The van der Waals surface area contributed by atoms with Gasteiger partial charge in [-0.25, -0.2) is 0 Å². The van der Waals surface area contributed by atoms with Gasteiger partial charge in [0.15, 0.2) is 0 Å². The van der Waals surface area contributed by atoms with Gasteiger partial charge in [0.25, 0.3) is 0 Å². The summed E-state index contributed by atoms with van der Waals surface area (Å²) in [6.45, 7) is 9.12. The number of hydrogen-bond acceptors (Lipinski definition) is 1. The molecule has 0 aliphatic rings. The van der Waals surface area contributed by atoms with Crippen molar-refractivity contribution in [3.05, 3.63) is 34.9 Å². The third-order valence-corrected chi connectivity index (χ3v) is 3.53. The molecule has 18 heavy (non-hydrogen) atoms. The summed E-state index contributed by atoms with van der Waals surface area (Å²) < 4.78 is 0. The fourth-order valence-electron chi connectivity index (χ4n) is 1.76. The SMILES string of the molecule is Cc1ccc(C(C)(C)CNC(=O)CCCl)cc1C. The summed E-state index contributed by atoms with van der Waals surface area (Å²) in [6.07, 6.45) is 0.380. The summed E-state index contributed by atoms with van der Waals surface area (Å²) >= 11 is 5.54. The van der Waals surface area contributed by atoms with Gasteiger partial charge in [0.2, 0.25) is 5.91 Å². The van der Waals surface area contributed by atoms with E-state index in [0.29, 0.717) is 18.8 Å². The highest BCUT2D eigenvalue weighted by molar-refractivity contribution is 6.18. The number of aryl methyl sites for hydroxylation is 2. The first-order valence-corrected chi connectivity index (χ1v) is 6.80. The predicted octanol–water partition coefficient (Wildman–Crippen LogP) is 3.33. The van der Waals surface area contributed by atoms with Gasteiger partial charge in [-0.3, -0.25) is 4.79 Å². The van der Waals surface area contributed by atoms with Crippen molar-refractivity contribution in [2.45, 2.75) is 39.5 Å². The third-order valence-electron chi connectivity index (χ3n) is 3.34. The minimum absolute atomic E-state index is 0.0157. The molecule has 2 nitrogen and oxygen atoms in total. The molecule has 0 aliphatic carbocycles. The zero-order valence-corrected chi connectivity index (χ0v) is 12.4. The van der Waals surface area contributed by atoms with E-state index in [1.54, 1.807) is 0 Å². The summed E-state index contributed by atoms with van der Waals surface area (Å²) in [6, 6.07) is 6.46. The van der Waals surface area contributed by atoms with Crippen LogP contribution >= 0.6 is 11.6 Å². The largest absolute Gasteiger partial charge is 0.355 e. The van der Waals surface area contributed by atoms with E-state index in [4.69, 9.17) is 11.6 Å². The van der Waals surface area contributed by atoms with Gasteiger partial charge in [0, 0.05) is 24.3 Å². The summed E-state index contributed by atoms with van der Waals surface area (Å²) in [5.74, 6) is 0.387. The molecule has 3 heteroatoms. The Bertz CT molecular complexity index is 427. The molecule has 0 saturated carbocycles. The Kier molecular flexibility index (Phi) is 5.21. The van der Waals surface area contributed by atoms with E-state index in [0.717, 1.165) is 0 Å². The molecule has 0 bridgehead atoms. The fraction of sp³-hybridized carbons (Fsp3) is 0.533. The van der Waals surface area contributed by atoms with Crippen LogP contribution in [0.1, 0.15) is 37.0 Å². The van der Waals surface area contributed by atoms with Crippen LogP contribution in [-0.2, 0) is 10.2 Å². The van der Waals surface area contributed by atoms with Gasteiger partial charge in [-0.05, 0) is 30.5 Å². The summed E-state index contributed by atoms with van der Waals surface area (Å²) in [5.41, 5.74) is 3.76. The Morgan fingerprint density at radius 1 is 1.28 bits per heavy atom. The van der Waals surface area contributed by atoms with E-state index < -0.39 is 0 Å². The zero-order valence-electron chi connectivity index (χ0n) is 11.6. The second kappa shape index (κ2) is 6.24. The Balaban J connectivity index is 2.73. The average molecular weight is 268 g/mol. The molecule has 0 fully saturated rings. The number of halogens is 1. The number of hydrogen-bond donors (Lipinski definition) is 1. The number of alkyl halides is 1. The van der Waals surface area contributed by atoms with Gasteiger partial charge in [-0.2, -0.15) is 0 Å². The van der Waals surface area contributed by atoms with E-state index in [1.807, 2.05) is 0 Å². The monoisotopic (exact) mass is 267 g/mol. The van der Waals surface area contributed by atoms with Crippen molar-refractivity contribution in [2.24, 2.45) is 0 Å². The number of carbonyl (C=O) groups is 1. The van der Waals surface area contributed by atoms with Gasteiger partial charge in [0.05, 0.1) is 0 Å². The quantitative estimate of drug-likeness (QED) is 0.815. The van der Waals surface area contributed by atoms with Crippen LogP contribution in [-0.4, -0.2) is 18.3 Å². The lowest BCUT2D eigenvalue weighted by Crippen LogP contribution is -2.36. The first kappa shape index (κ1) is 15.0. The van der Waals surface area contributed by atoms with Crippen molar-refractivity contribution in [3.8, 4) is 0 Å². The van der Waals surface area contributed by atoms with Gasteiger partial charge < -0.3 is 5.32 Å². The van der Waals surface area contributed by atoms with Crippen LogP contribution in [0.25, 0.3) is 0 Å². The van der Waals surface area contributed by atoms with E-state index in [-0.39, 0.29) is 11.3 Å². The molecule has 0 spiro atoms. The van der Waals surface area contributed by atoms with Crippen LogP contribution in [0.5, 0.6) is 0 Å². The van der Waals surface area contributed by atoms with E-state index in [9.17, 15) is 4.79 Å². The van der Waals surface area contributed by atoms with Crippen LogP contribution in [0.15, 0.2) is 18.2 Å². The maximum absolute atomic E-state index is 11.4. The lowest BCUT2D eigenvalue weighted by Gasteiger charge is -2.26. The van der Waals surface area contributed by atoms with Crippen LogP contribution in [0.2, 0.25) is 0 Å². The van der Waals surface area contributed by atoms with Gasteiger partial charge in [-0.1, -0.05) is 32.0 Å². The van der Waals surface area contributed by atoms with E-state index in [1.165, 1.54) is 16.7 Å². The molecule has 1 rings (SSSR count). The van der Waals surface area contributed by atoms with Crippen LogP contribution in [0, 0.1) is 13.8 Å². The molecular weight excluding hydrogens is 246 g/mol.